The fourth-order valence-electron chi connectivity index (χ4n) is 7.17. The van der Waals surface area contributed by atoms with Crippen molar-refractivity contribution in [2.45, 2.75) is 0 Å². The molecule has 0 amide bonds. The van der Waals surface area contributed by atoms with Crippen molar-refractivity contribution in [3.8, 4) is 34.2 Å². The zero-order chi connectivity index (χ0) is 30.9. The average Bonchev–Trinajstić information content (AvgIpc) is 3.53. The van der Waals surface area contributed by atoms with E-state index in [9.17, 15) is 0 Å². The molecule has 0 saturated heterocycles. The summed E-state index contributed by atoms with van der Waals surface area (Å²) >= 11 is 0. The van der Waals surface area contributed by atoms with Crippen molar-refractivity contribution in [1.82, 2.24) is 15.0 Å². The van der Waals surface area contributed by atoms with Gasteiger partial charge in [-0.15, -0.1) is 0 Å². The highest BCUT2D eigenvalue weighted by Gasteiger charge is 2.19. The minimum atomic E-state index is 0.610. The molecule has 2 aromatic heterocycles. The number of nitrogens with zero attached hydrogens (tertiary/aromatic N) is 3. The van der Waals surface area contributed by atoms with Crippen LogP contribution in [0.1, 0.15) is 0 Å². The van der Waals surface area contributed by atoms with Crippen LogP contribution < -0.4 is 0 Å². The maximum absolute atomic E-state index is 6.26. The fourth-order valence-corrected chi connectivity index (χ4v) is 7.17. The van der Waals surface area contributed by atoms with Crippen molar-refractivity contribution in [2.75, 3.05) is 0 Å². The minimum absolute atomic E-state index is 0.610. The van der Waals surface area contributed by atoms with Gasteiger partial charge < -0.3 is 4.42 Å². The number of para-hydroxylation sites is 1. The molecule has 218 valence electrons. The van der Waals surface area contributed by atoms with Crippen molar-refractivity contribution in [3.63, 3.8) is 0 Å². The van der Waals surface area contributed by atoms with E-state index in [1.165, 1.54) is 26.9 Å². The summed E-state index contributed by atoms with van der Waals surface area (Å²) < 4.78 is 6.26. The number of hydrogen-bond donors (Lipinski definition) is 0. The molecule has 0 radical (unpaired) electrons. The molecule has 4 nitrogen and oxygen atoms in total. The van der Waals surface area contributed by atoms with E-state index in [4.69, 9.17) is 19.4 Å². The van der Waals surface area contributed by atoms with Gasteiger partial charge in [-0.25, -0.2) is 15.0 Å². The molecule has 47 heavy (non-hydrogen) atoms. The second-order valence-corrected chi connectivity index (χ2v) is 12.0. The van der Waals surface area contributed by atoms with E-state index >= 15 is 0 Å². The van der Waals surface area contributed by atoms with Gasteiger partial charge in [-0.05, 0) is 55.2 Å². The Morgan fingerprint density at radius 3 is 1.60 bits per heavy atom. The van der Waals surface area contributed by atoms with Gasteiger partial charge in [-0.1, -0.05) is 140 Å². The molecule has 8 aromatic carbocycles. The van der Waals surface area contributed by atoms with Crippen molar-refractivity contribution < 1.29 is 4.42 Å². The maximum atomic E-state index is 6.26. The summed E-state index contributed by atoms with van der Waals surface area (Å²) in [6.07, 6.45) is 0. The van der Waals surface area contributed by atoms with Crippen LogP contribution in [0.25, 0.3) is 99.2 Å². The first-order valence-corrected chi connectivity index (χ1v) is 15.8. The Kier molecular flexibility index (Phi) is 5.54. The third-order valence-corrected chi connectivity index (χ3v) is 9.33. The van der Waals surface area contributed by atoms with E-state index in [1.54, 1.807) is 0 Å². The molecule has 2 heterocycles. The highest BCUT2D eigenvalue weighted by atomic mass is 16.3. The van der Waals surface area contributed by atoms with Gasteiger partial charge in [0.15, 0.2) is 17.5 Å². The predicted molar refractivity (Wildman–Crippen MR) is 193 cm³/mol. The molecular weight excluding hydrogens is 574 g/mol. The molecule has 10 aromatic rings. The van der Waals surface area contributed by atoms with E-state index in [2.05, 4.69) is 121 Å². The third kappa shape index (κ3) is 3.98. The number of furan rings is 1. The number of fused-ring (bicyclic) bond motifs is 9. The summed E-state index contributed by atoms with van der Waals surface area (Å²) in [5.74, 6) is 1.88. The summed E-state index contributed by atoms with van der Waals surface area (Å²) in [5, 5.41) is 11.5. The highest BCUT2D eigenvalue weighted by molar-refractivity contribution is 6.19. The molecule has 0 N–H and O–H groups in total. The van der Waals surface area contributed by atoms with Crippen molar-refractivity contribution in [1.29, 1.82) is 0 Å². The number of aromatic nitrogens is 3. The highest BCUT2D eigenvalue weighted by Crippen LogP contribution is 2.39. The van der Waals surface area contributed by atoms with Gasteiger partial charge in [-0.3, -0.25) is 0 Å². The van der Waals surface area contributed by atoms with Crippen LogP contribution in [0.2, 0.25) is 0 Å². The number of hydrogen-bond acceptors (Lipinski definition) is 4. The topological polar surface area (TPSA) is 51.8 Å². The van der Waals surface area contributed by atoms with E-state index in [0.29, 0.717) is 17.5 Å². The molecule has 0 fully saturated rings. The summed E-state index contributed by atoms with van der Waals surface area (Å²) in [7, 11) is 0. The first-order valence-electron chi connectivity index (χ1n) is 15.8. The first-order chi connectivity index (χ1) is 23.3. The lowest BCUT2D eigenvalue weighted by Crippen LogP contribution is -2.01. The molecule has 0 atom stereocenters. The molecule has 0 aliphatic carbocycles. The summed E-state index contributed by atoms with van der Waals surface area (Å²) in [6.45, 7) is 0. The Morgan fingerprint density at radius 2 is 0.766 bits per heavy atom. The van der Waals surface area contributed by atoms with Crippen LogP contribution in [-0.2, 0) is 0 Å². The van der Waals surface area contributed by atoms with Gasteiger partial charge in [0, 0.05) is 27.5 Å². The second kappa shape index (κ2) is 10.1. The monoisotopic (exact) mass is 599 g/mol. The fraction of sp³-hybridized carbons (Fsp3) is 0. The Morgan fingerprint density at radius 1 is 0.298 bits per heavy atom. The van der Waals surface area contributed by atoms with Crippen LogP contribution in [0.15, 0.2) is 156 Å². The quantitative estimate of drug-likeness (QED) is 0.190. The lowest BCUT2D eigenvalue weighted by molar-refractivity contribution is 0.669. The second-order valence-electron chi connectivity index (χ2n) is 12.0. The van der Waals surface area contributed by atoms with Crippen molar-refractivity contribution >= 4 is 65.0 Å². The molecule has 0 aliphatic rings. The molecular formula is C43H25N3O. The van der Waals surface area contributed by atoms with Gasteiger partial charge in [-0.2, -0.15) is 0 Å². The zero-order valence-electron chi connectivity index (χ0n) is 25.2. The maximum Gasteiger partial charge on any atom is 0.164 e. The molecule has 10 rings (SSSR count). The summed E-state index contributed by atoms with van der Waals surface area (Å²) in [5.41, 5.74) is 4.49. The standard InChI is InChI=1S/C43H25N3O/c1-4-14-29-26(10-1)12-7-17-34(29)41-44-42(46-43(45-41)37-19-9-21-39-40(37)36-15-5-6-20-38(36)47-39)35-18-8-16-30-32-23-22-27-11-2-3-13-28(27)31(32)24-25-33(30)35/h1-25H. The molecule has 4 heteroatoms. The van der Waals surface area contributed by atoms with Crippen LogP contribution in [0.3, 0.4) is 0 Å². The number of rotatable bonds is 3. The van der Waals surface area contributed by atoms with Crippen molar-refractivity contribution in [2.24, 2.45) is 0 Å². The zero-order valence-corrected chi connectivity index (χ0v) is 25.2. The van der Waals surface area contributed by atoms with Gasteiger partial charge in [0.1, 0.15) is 11.2 Å². The first kappa shape index (κ1) is 25.9. The van der Waals surface area contributed by atoms with Gasteiger partial charge >= 0.3 is 0 Å². The van der Waals surface area contributed by atoms with E-state index in [-0.39, 0.29) is 0 Å². The lowest BCUT2D eigenvalue weighted by Gasteiger charge is -2.13. The van der Waals surface area contributed by atoms with Crippen LogP contribution >= 0.6 is 0 Å². The van der Waals surface area contributed by atoms with Crippen LogP contribution in [0.4, 0.5) is 0 Å². The number of benzene rings is 8. The van der Waals surface area contributed by atoms with Crippen LogP contribution in [0, 0.1) is 0 Å². The van der Waals surface area contributed by atoms with Gasteiger partial charge in [0.2, 0.25) is 0 Å². The molecule has 0 saturated carbocycles. The molecule has 0 unspecified atom stereocenters. The van der Waals surface area contributed by atoms with Gasteiger partial charge in [0.05, 0.1) is 0 Å². The van der Waals surface area contributed by atoms with Crippen LogP contribution in [0.5, 0.6) is 0 Å². The van der Waals surface area contributed by atoms with E-state index in [1.807, 2.05) is 30.3 Å². The Labute approximate surface area is 269 Å². The minimum Gasteiger partial charge on any atom is -0.456 e. The largest absolute Gasteiger partial charge is 0.456 e. The molecule has 0 bridgehead atoms. The average molecular weight is 600 g/mol. The normalized spacial score (nSPS) is 11.8. The Hall–Kier alpha value is -6.39. The summed E-state index contributed by atoms with van der Waals surface area (Å²) in [4.78, 5) is 15.6. The van der Waals surface area contributed by atoms with E-state index < -0.39 is 0 Å². The van der Waals surface area contributed by atoms with Gasteiger partial charge in [0.25, 0.3) is 0 Å². The van der Waals surface area contributed by atoms with Crippen LogP contribution in [-0.4, -0.2) is 15.0 Å². The van der Waals surface area contributed by atoms with Crippen molar-refractivity contribution in [3.05, 3.63) is 152 Å². The smallest absolute Gasteiger partial charge is 0.164 e. The van der Waals surface area contributed by atoms with E-state index in [0.717, 1.165) is 54.8 Å². The molecule has 0 spiro atoms. The SMILES string of the molecule is c1ccc2c(-c3nc(-c4cccc5c4ccc4c6ccccc6ccc54)nc(-c4cccc5oc6ccccc6c45)n3)cccc2c1. The Bertz CT molecular complexity index is 2860. The lowest BCUT2D eigenvalue weighted by atomic mass is 9.95. The summed E-state index contributed by atoms with van der Waals surface area (Å²) in [6, 6.07) is 52.8. The molecule has 0 aliphatic heterocycles. The Balaban J connectivity index is 1.28. The third-order valence-electron chi connectivity index (χ3n) is 9.33. The predicted octanol–water partition coefficient (Wildman–Crippen LogP) is 11.4.